The number of piperidine rings is 1. The van der Waals surface area contributed by atoms with Gasteiger partial charge in [-0.15, -0.1) is 5.10 Å². The minimum Gasteiger partial charge on any atom is -0.371 e. The van der Waals surface area contributed by atoms with Crippen molar-refractivity contribution in [1.82, 2.24) is 24.6 Å². The number of rotatable bonds is 4. The van der Waals surface area contributed by atoms with Crippen LogP contribution in [0.1, 0.15) is 12.8 Å². The van der Waals surface area contributed by atoms with Gasteiger partial charge in [-0.1, -0.05) is 11.6 Å². The summed E-state index contributed by atoms with van der Waals surface area (Å²) in [5.41, 5.74) is 3.24. The van der Waals surface area contributed by atoms with Gasteiger partial charge in [-0.3, -0.25) is 4.98 Å². The molecule has 0 aliphatic carbocycles. The van der Waals surface area contributed by atoms with E-state index >= 15 is 0 Å². The molecule has 1 N–H and O–H groups in total. The van der Waals surface area contributed by atoms with E-state index in [0.29, 0.717) is 22.4 Å². The lowest BCUT2D eigenvalue weighted by molar-refractivity contribution is 0.524. The molecule has 1 aliphatic rings. The molecule has 4 aromatic rings. The molecule has 0 aromatic carbocycles. The fourth-order valence-electron chi connectivity index (χ4n) is 3.76. The fraction of sp³-hybridized carbons (Fsp3) is 0.238. The van der Waals surface area contributed by atoms with Crippen LogP contribution in [0.25, 0.3) is 16.9 Å². The predicted molar refractivity (Wildman–Crippen MR) is 114 cm³/mol. The van der Waals surface area contributed by atoms with Gasteiger partial charge in [0.15, 0.2) is 5.65 Å². The summed E-state index contributed by atoms with van der Waals surface area (Å²) in [6.45, 7) is 1.83. The molecule has 1 saturated heterocycles. The summed E-state index contributed by atoms with van der Waals surface area (Å²) in [5.74, 6) is 0.213. The minimum atomic E-state index is -0.366. The van der Waals surface area contributed by atoms with Crippen LogP contribution in [0.3, 0.4) is 0 Å². The first-order valence-electron chi connectivity index (χ1n) is 9.76. The molecule has 5 heterocycles. The van der Waals surface area contributed by atoms with E-state index in [2.05, 4.69) is 30.3 Å². The largest absolute Gasteiger partial charge is 0.371 e. The summed E-state index contributed by atoms with van der Waals surface area (Å²) < 4.78 is 14.9. The van der Waals surface area contributed by atoms with Gasteiger partial charge in [0.25, 0.3) is 0 Å². The molecule has 5 rings (SSSR count). The van der Waals surface area contributed by atoms with E-state index < -0.39 is 0 Å². The van der Waals surface area contributed by atoms with E-state index in [1.165, 1.54) is 12.3 Å². The topological polar surface area (TPSA) is 71.2 Å². The van der Waals surface area contributed by atoms with E-state index in [1.807, 2.05) is 30.5 Å². The number of hydrogen-bond donors (Lipinski definition) is 1. The summed E-state index contributed by atoms with van der Waals surface area (Å²) in [5, 5.41) is 8.51. The zero-order valence-corrected chi connectivity index (χ0v) is 16.8. The first-order valence-corrected chi connectivity index (χ1v) is 10.1. The van der Waals surface area contributed by atoms with Gasteiger partial charge in [0.2, 0.25) is 5.95 Å². The van der Waals surface area contributed by atoms with Gasteiger partial charge in [0.1, 0.15) is 11.0 Å². The number of pyridine rings is 3. The summed E-state index contributed by atoms with van der Waals surface area (Å²) in [7, 11) is 0. The quantitative estimate of drug-likeness (QED) is 0.499. The Bertz CT molecular complexity index is 1170. The van der Waals surface area contributed by atoms with Crippen molar-refractivity contribution in [2.45, 2.75) is 18.9 Å². The summed E-state index contributed by atoms with van der Waals surface area (Å²) >= 11 is 6.01. The SMILES string of the molecule is Fc1ccc(-c2cccn3nc(NC4CCN(c5ccnc(Cl)c5)CC4)nc23)nc1. The summed E-state index contributed by atoms with van der Waals surface area (Å²) in [6.07, 6.45) is 6.70. The Morgan fingerprint density at radius 1 is 1.10 bits per heavy atom. The monoisotopic (exact) mass is 423 g/mol. The van der Waals surface area contributed by atoms with Crippen LogP contribution in [0.4, 0.5) is 16.0 Å². The number of nitrogens with one attached hydrogen (secondary N) is 1. The van der Waals surface area contributed by atoms with Gasteiger partial charge >= 0.3 is 0 Å². The van der Waals surface area contributed by atoms with E-state index in [9.17, 15) is 4.39 Å². The van der Waals surface area contributed by atoms with E-state index in [4.69, 9.17) is 11.6 Å². The Hall–Kier alpha value is -3.26. The number of nitrogens with zero attached hydrogens (tertiary/aromatic N) is 6. The Labute approximate surface area is 177 Å². The van der Waals surface area contributed by atoms with Gasteiger partial charge in [0.05, 0.1) is 11.9 Å². The van der Waals surface area contributed by atoms with E-state index in [0.717, 1.165) is 37.2 Å². The molecule has 1 aliphatic heterocycles. The molecule has 0 radical (unpaired) electrons. The third-order valence-corrected chi connectivity index (χ3v) is 5.48. The molecule has 30 heavy (non-hydrogen) atoms. The lowest BCUT2D eigenvalue weighted by Gasteiger charge is -2.33. The maximum atomic E-state index is 13.2. The van der Waals surface area contributed by atoms with Crippen molar-refractivity contribution in [3.8, 4) is 11.3 Å². The van der Waals surface area contributed by atoms with Crippen molar-refractivity contribution < 1.29 is 4.39 Å². The molecule has 0 atom stereocenters. The highest BCUT2D eigenvalue weighted by molar-refractivity contribution is 6.29. The molecule has 0 saturated carbocycles. The van der Waals surface area contributed by atoms with Gasteiger partial charge in [-0.05, 0) is 49.2 Å². The molecule has 1 fully saturated rings. The number of halogens is 2. The number of anilines is 2. The average molecular weight is 424 g/mol. The highest BCUT2D eigenvalue weighted by Crippen LogP contribution is 2.25. The van der Waals surface area contributed by atoms with Gasteiger partial charge < -0.3 is 10.2 Å². The van der Waals surface area contributed by atoms with Crippen molar-refractivity contribution >= 4 is 28.9 Å². The highest BCUT2D eigenvalue weighted by atomic mass is 35.5. The lowest BCUT2D eigenvalue weighted by Crippen LogP contribution is -2.39. The maximum absolute atomic E-state index is 13.2. The third kappa shape index (κ3) is 3.78. The van der Waals surface area contributed by atoms with E-state index in [1.54, 1.807) is 16.8 Å². The van der Waals surface area contributed by atoms with Crippen molar-refractivity contribution in [1.29, 1.82) is 0 Å². The number of hydrogen-bond acceptors (Lipinski definition) is 6. The Morgan fingerprint density at radius 3 is 2.73 bits per heavy atom. The van der Waals surface area contributed by atoms with Crippen molar-refractivity contribution in [2.75, 3.05) is 23.3 Å². The molecular weight excluding hydrogens is 405 g/mol. The molecule has 0 spiro atoms. The minimum absolute atomic E-state index is 0.281. The van der Waals surface area contributed by atoms with Crippen molar-refractivity contribution in [2.24, 2.45) is 0 Å². The molecular formula is C21H19ClFN7. The van der Waals surface area contributed by atoms with Crippen LogP contribution in [-0.4, -0.2) is 43.7 Å². The first kappa shape index (κ1) is 18.7. The predicted octanol–water partition coefficient (Wildman–Crippen LogP) is 4.06. The standard InChI is InChI=1S/C21H19ClFN7/c22-19-12-16(5-8-24-19)29-10-6-15(7-11-29)26-21-27-20-17(2-1-9-30(20)28-21)18-4-3-14(23)13-25-18/h1-5,8-9,12-13,15H,6-7,10-11H2,(H,26,28). The second-order valence-electron chi connectivity index (χ2n) is 7.23. The Kier molecular flexibility index (Phi) is 4.92. The number of aromatic nitrogens is 5. The molecule has 0 bridgehead atoms. The molecule has 4 aromatic heterocycles. The molecule has 152 valence electrons. The zero-order valence-electron chi connectivity index (χ0n) is 16.0. The van der Waals surface area contributed by atoms with Gasteiger partial charge in [-0.2, -0.15) is 4.98 Å². The second-order valence-corrected chi connectivity index (χ2v) is 7.62. The second kappa shape index (κ2) is 7.87. The Morgan fingerprint density at radius 2 is 1.97 bits per heavy atom. The maximum Gasteiger partial charge on any atom is 0.243 e. The van der Waals surface area contributed by atoms with E-state index in [-0.39, 0.29) is 11.9 Å². The normalized spacial score (nSPS) is 14.9. The molecule has 7 nitrogen and oxygen atoms in total. The van der Waals surface area contributed by atoms with Crippen LogP contribution in [0, 0.1) is 5.82 Å². The van der Waals surface area contributed by atoms with Crippen LogP contribution < -0.4 is 10.2 Å². The Balaban J connectivity index is 1.31. The van der Waals surface area contributed by atoms with Gasteiger partial charge in [0, 0.05) is 42.8 Å². The number of fused-ring (bicyclic) bond motifs is 1. The molecule has 0 amide bonds. The lowest BCUT2D eigenvalue weighted by atomic mass is 10.0. The van der Waals surface area contributed by atoms with Crippen LogP contribution in [0.15, 0.2) is 55.0 Å². The summed E-state index contributed by atoms with van der Waals surface area (Å²) in [6, 6.07) is 11.0. The summed E-state index contributed by atoms with van der Waals surface area (Å²) in [4.78, 5) is 15.2. The zero-order chi connectivity index (χ0) is 20.5. The van der Waals surface area contributed by atoms with Crippen LogP contribution >= 0.6 is 11.6 Å². The first-order chi connectivity index (χ1) is 14.7. The third-order valence-electron chi connectivity index (χ3n) is 5.27. The van der Waals surface area contributed by atoms with Crippen LogP contribution in [0.2, 0.25) is 5.15 Å². The van der Waals surface area contributed by atoms with Crippen molar-refractivity contribution in [3.63, 3.8) is 0 Å². The van der Waals surface area contributed by atoms with Gasteiger partial charge in [-0.25, -0.2) is 13.9 Å². The van der Waals surface area contributed by atoms with Crippen LogP contribution in [-0.2, 0) is 0 Å². The molecule has 9 heteroatoms. The smallest absolute Gasteiger partial charge is 0.243 e. The van der Waals surface area contributed by atoms with Crippen LogP contribution in [0.5, 0.6) is 0 Å². The molecule has 0 unspecified atom stereocenters. The van der Waals surface area contributed by atoms with Crippen molar-refractivity contribution in [3.05, 3.63) is 66.0 Å². The average Bonchev–Trinajstić information content (AvgIpc) is 3.17. The highest BCUT2D eigenvalue weighted by Gasteiger charge is 2.21. The fourth-order valence-corrected chi connectivity index (χ4v) is 3.92.